The average Bonchev–Trinajstić information content (AvgIpc) is 2.31. The molecular weight excluding hydrogens is 134 g/mol. The van der Waals surface area contributed by atoms with Crippen LogP contribution in [-0.4, -0.2) is 12.6 Å². The standard InChI is InChI=1S/C10H19N/c1-8(2)11-7-10-5-4-9(3)6-10/h8,10-11H,3-7H2,1-2H3. The Bertz CT molecular complexity index is 138. The molecule has 0 spiro atoms. The van der Waals surface area contributed by atoms with Crippen LogP contribution in [0.3, 0.4) is 0 Å². The van der Waals surface area contributed by atoms with E-state index < -0.39 is 0 Å². The van der Waals surface area contributed by atoms with Gasteiger partial charge in [0.1, 0.15) is 0 Å². The lowest BCUT2D eigenvalue weighted by Crippen LogP contribution is -2.27. The largest absolute Gasteiger partial charge is 0.314 e. The Kier molecular flexibility index (Phi) is 3.13. The SMILES string of the molecule is C=C1CCC(CNC(C)C)C1. The van der Waals surface area contributed by atoms with Crippen molar-refractivity contribution in [1.29, 1.82) is 0 Å². The quantitative estimate of drug-likeness (QED) is 0.614. The summed E-state index contributed by atoms with van der Waals surface area (Å²) in [5, 5.41) is 3.47. The molecule has 0 bridgehead atoms. The summed E-state index contributed by atoms with van der Waals surface area (Å²) in [6, 6.07) is 0.629. The molecule has 1 aliphatic carbocycles. The molecule has 1 heteroatoms. The van der Waals surface area contributed by atoms with Crippen molar-refractivity contribution in [2.24, 2.45) is 5.92 Å². The second kappa shape index (κ2) is 3.91. The number of nitrogens with one attached hydrogen (secondary N) is 1. The first kappa shape index (κ1) is 8.79. The second-order valence-electron chi connectivity index (χ2n) is 3.92. The van der Waals surface area contributed by atoms with Crippen LogP contribution in [0.4, 0.5) is 0 Å². The van der Waals surface area contributed by atoms with Gasteiger partial charge in [-0.3, -0.25) is 0 Å². The van der Waals surface area contributed by atoms with Gasteiger partial charge in [0.05, 0.1) is 0 Å². The molecule has 0 amide bonds. The zero-order valence-corrected chi connectivity index (χ0v) is 7.69. The molecule has 0 radical (unpaired) electrons. The van der Waals surface area contributed by atoms with Crippen LogP contribution in [0.15, 0.2) is 12.2 Å². The van der Waals surface area contributed by atoms with Crippen LogP contribution >= 0.6 is 0 Å². The minimum Gasteiger partial charge on any atom is -0.314 e. The predicted octanol–water partition coefficient (Wildman–Crippen LogP) is 2.34. The molecule has 1 rings (SSSR count). The van der Waals surface area contributed by atoms with Gasteiger partial charge in [-0.25, -0.2) is 0 Å². The van der Waals surface area contributed by atoms with E-state index in [4.69, 9.17) is 0 Å². The highest BCUT2D eigenvalue weighted by atomic mass is 14.9. The number of hydrogen-bond acceptors (Lipinski definition) is 1. The van der Waals surface area contributed by atoms with Crippen molar-refractivity contribution in [3.8, 4) is 0 Å². The molecular formula is C10H19N. The van der Waals surface area contributed by atoms with E-state index in [1.54, 1.807) is 0 Å². The summed E-state index contributed by atoms with van der Waals surface area (Å²) in [5.41, 5.74) is 1.44. The maximum atomic E-state index is 4.00. The summed E-state index contributed by atoms with van der Waals surface area (Å²) in [5.74, 6) is 0.866. The summed E-state index contributed by atoms with van der Waals surface area (Å²) in [6.45, 7) is 9.58. The van der Waals surface area contributed by atoms with Crippen LogP contribution in [0.5, 0.6) is 0 Å². The Hall–Kier alpha value is -0.300. The van der Waals surface area contributed by atoms with Crippen molar-refractivity contribution in [2.75, 3.05) is 6.54 Å². The molecule has 0 aromatic rings. The fourth-order valence-electron chi connectivity index (χ4n) is 1.60. The Morgan fingerprint density at radius 3 is 2.82 bits per heavy atom. The Labute approximate surface area is 69.9 Å². The topological polar surface area (TPSA) is 12.0 Å². The van der Waals surface area contributed by atoms with Crippen molar-refractivity contribution in [3.05, 3.63) is 12.2 Å². The van der Waals surface area contributed by atoms with E-state index in [-0.39, 0.29) is 0 Å². The summed E-state index contributed by atoms with van der Waals surface area (Å²) < 4.78 is 0. The van der Waals surface area contributed by atoms with Crippen molar-refractivity contribution < 1.29 is 0 Å². The lowest BCUT2D eigenvalue weighted by atomic mass is 10.1. The highest BCUT2D eigenvalue weighted by molar-refractivity contribution is 5.02. The third kappa shape index (κ3) is 3.06. The van der Waals surface area contributed by atoms with Gasteiger partial charge in [0.15, 0.2) is 0 Å². The highest BCUT2D eigenvalue weighted by Crippen LogP contribution is 2.27. The van der Waals surface area contributed by atoms with E-state index in [0.29, 0.717) is 6.04 Å². The lowest BCUT2D eigenvalue weighted by Gasteiger charge is -2.12. The van der Waals surface area contributed by atoms with E-state index in [0.717, 1.165) is 5.92 Å². The van der Waals surface area contributed by atoms with Gasteiger partial charge in [-0.1, -0.05) is 26.0 Å². The summed E-state index contributed by atoms with van der Waals surface area (Å²) >= 11 is 0. The normalized spacial score (nSPS) is 25.0. The molecule has 1 atom stereocenters. The first-order valence-electron chi connectivity index (χ1n) is 4.58. The van der Waals surface area contributed by atoms with Gasteiger partial charge in [-0.15, -0.1) is 0 Å². The smallest absolute Gasteiger partial charge is 0.00104 e. The van der Waals surface area contributed by atoms with Crippen LogP contribution < -0.4 is 5.32 Å². The summed E-state index contributed by atoms with van der Waals surface area (Å²) in [4.78, 5) is 0. The van der Waals surface area contributed by atoms with E-state index in [2.05, 4.69) is 25.7 Å². The molecule has 0 aromatic carbocycles. The number of rotatable bonds is 3. The van der Waals surface area contributed by atoms with Crippen LogP contribution in [0.2, 0.25) is 0 Å². The maximum absolute atomic E-state index is 4.00. The zero-order valence-electron chi connectivity index (χ0n) is 7.69. The van der Waals surface area contributed by atoms with Gasteiger partial charge in [0.2, 0.25) is 0 Å². The molecule has 1 nitrogen and oxygen atoms in total. The lowest BCUT2D eigenvalue weighted by molar-refractivity contribution is 0.463. The van der Waals surface area contributed by atoms with Gasteiger partial charge in [0.25, 0.3) is 0 Å². The summed E-state index contributed by atoms with van der Waals surface area (Å²) in [7, 11) is 0. The van der Waals surface area contributed by atoms with E-state index in [1.165, 1.54) is 31.4 Å². The van der Waals surface area contributed by atoms with Crippen LogP contribution in [0.25, 0.3) is 0 Å². The van der Waals surface area contributed by atoms with Crippen molar-refractivity contribution in [1.82, 2.24) is 5.32 Å². The third-order valence-electron chi connectivity index (χ3n) is 2.30. The van der Waals surface area contributed by atoms with Crippen LogP contribution in [0.1, 0.15) is 33.1 Å². The van der Waals surface area contributed by atoms with Crippen molar-refractivity contribution in [3.63, 3.8) is 0 Å². The van der Waals surface area contributed by atoms with E-state index in [9.17, 15) is 0 Å². The monoisotopic (exact) mass is 153 g/mol. The number of hydrogen-bond donors (Lipinski definition) is 1. The van der Waals surface area contributed by atoms with Gasteiger partial charge < -0.3 is 5.32 Å². The predicted molar refractivity (Wildman–Crippen MR) is 49.6 cm³/mol. The molecule has 1 N–H and O–H groups in total. The molecule has 0 aromatic heterocycles. The average molecular weight is 153 g/mol. The fraction of sp³-hybridized carbons (Fsp3) is 0.800. The Morgan fingerprint density at radius 2 is 2.36 bits per heavy atom. The molecule has 1 aliphatic rings. The Balaban J connectivity index is 2.13. The Morgan fingerprint density at radius 1 is 1.64 bits per heavy atom. The van der Waals surface area contributed by atoms with Crippen LogP contribution in [-0.2, 0) is 0 Å². The molecule has 1 unspecified atom stereocenters. The maximum Gasteiger partial charge on any atom is 0.00104 e. The van der Waals surface area contributed by atoms with E-state index >= 15 is 0 Å². The van der Waals surface area contributed by atoms with Crippen molar-refractivity contribution >= 4 is 0 Å². The minimum absolute atomic E-state index is 0.629. The molecule has 1 saturated carbocycles. The third-order valence-corrected chi connectivity index (χ3v) is 2.30. The first-order valence-corrected chi connectivity index (χ1v) is 4.58. The second-order valence-corrected chi connectivity index (χ2v) is 3.92. The van der Waals surface area contributed by atoms with Crippen LogP contribution in [0, 0.1) is 5.92 Å². The molecule has 0 heterocycles. The molecule has 0 aliphatic heterocycles. The zero-order chi connectivity index (χ0) is 8.27. The molecule has 0 saturated heterocycles. The highest BCUT2D eigenvalue weighted by Gasteiger charge is 2.17. The fourth-order valence-corrected chi connectivity index (χ4v) is 1.60. The van der Waals surface area contributed by atoms with Gasteiger partial charge in [0, 0.05) is 6.04 Å². The molecule has 64 valence electrons. The first-order chi connectivity index (χ1) is 5.18. The minimum atomic E-state index is 0.629. The molecule has 11 heavy (non-hydrogen) atoms. The van der Waals surface area contributed by atoms with Gasteiger partial charge >= 0.3 is 0 Å². The van der Waals surface area contributed by atoms with Gasteiger partial charge in [-0.2, -0.15) is 0 Å². The summed E-state index contributed by atoms with van der Waals surface area (Å²) in [6.07, 6.45) is 3.85. The van der Waals surface area contributed by atoms with E-state index in [1.807, 2.05) is 0 Å². The van der Waals surface area contributed by atoms with Crippen molar-refractivity contribution in [2.45, 2.75) is 39.2 Å². The van der Waals surface area contributed by atoms with Gasteiger partial charge in [-0.05, 0) is 31.7 Å². The number of allylic oxidation sites excluding steroid dienone is 1. The molecule has 1 fully saturated rings.